The average molecular weight is 291 g/mol. The molecule has 0 heterocycles. The highest BCUT2D eigenvalue weighted by molar-refractivity contribution is 7.92. The van der Waals surface area contributed by atoms with E-state index in [1.807, 2.05) is 25.1 Å². The van der Waals surface area contributed by atoms with Crippen LogP contribution in [0.3, 0.4) is 0 Å². The molecule has 0 amide bonds. The lowest BCUT2D eigenvalue weighted by Crippen LogP contribution is -2.14. The predicted molar refractivity (Wildman–Crippen MR) is 82.4 cm³/mol. The summed E-state index contributed by atoms with van der Waals surface area (Å²) in [5.74, 6) is 0. The van der Waals surface area contributed by atoms with Crippen molar-refractivity contribution in [2.45, 2.75) is 4.90 Å². The molecule has 0 radical (unpaired) electrons. The molecule has 2 aromatic carbocycles. The first-order chi connectivity index (χ1) is 9.38. The van der Waals surface area contributed by atoms with Crippen LogP contribution in [0, 0.1) is 0 Å². The molecule has 0 spiro atoms. The van der Waals surface area contributed by atoms with Gasteiger partial charge in [-0.1, -0.05) is 6.07 Å². The van der Waals surface area contributed by atoms with E-state index in [9.17, 15) is 8.42 Å². The zero-order valence-electron chi connectivity index (χ0n) is 11.4. The van der Waals surface area contributed by atoms with Gasteiger partial charge in [-0.05, 0) is 42.5 Å². The van der Waals surface area contributed by atoms with Gasteiger partial charge >= 0.3 is 0 Å². The Labute approximate surface area is 119 Å². The summed E-state index contributed by atoms with van der Waals surface area (Å²) in [5, 5.41) is 0. The normalized spacial score (nSPS) is 11.1. The van der Waals surface area contributed by atoms with Gasteiger partial charge in [-0.2, -0.15) is 0 Å². The molecular formula is C14H17N3O2S. The van der Waals surface area contributed by atoms with Crippen molar-refractivity contribution in [2.24, 2.45) is 0 Å². The molecule has 0 saturated carbocycles. The molecule has 5 nitrogen and oxygen atoms in total. The summed E-state index contributed by atoms with van der Waals surface area (Å²) >= 11 is 0. The van der Waals surface area contributed by atoms with Crippen molar-refractivity contribution >= 4 is 27.1 Å². The van der Waals surface area contributed by atoms with Gasteiger partial charge in [0.2, 0.25) is 0 Å². The topological polar surface area (TPSA) is 75.4 Å². The van der Waals surface area contributed by atoms with E-state index in [2.05, 4.69) is 4.72 Å². The van der Waals surface area contributed by atoms with Crippen molar-refractivity contribution in [3.8, 4) is 0 Å². The van der Waals surface area contributed by atoms with E-state index in [0.29, 0.717) is 11.4 Å². The SMILES string of the molecule is CN(C)c1cccc(NS(=O)(=O)c2ccc(N)cc2)c1. The van der Waals surface area contributed by atoms with Crippen molar-refractivity contribution in [1.82, 2.24) is 0 Å². The van der Waals surface area contributed by atoms with Gasteiger partial charge in [-0.3, -0.25) is 4.72 Å². The molecule has 6 heteroatoms. The first-order valence-corrected chi connectivity index (χ1v) is 7.52. The third kappa shape index (κ3) is 3.21. The molecule has 0 bridgehead atoms. The van der Waals surface area contributed by atoms with E-state index in [-0.39, 0.29) is 4.90 Å². The minimum Gasteiger partial charge on any atom is -0.399 e. The maximum Gasteiger partial charge on any atom is 0.261 e. The maximum absolute atomic E-state index is 12.2. The Hall–Kier alpha value is -2.21. The molecular weight excluding hydrogens is 274 g/mol. The predicted octanol–water partition coefficient (Wildman–Crippen LogP) is 2.14. The fourth-order valence-electron chi connectivity index (χ4n) is 1.71. The summed E-state index contributed by atoms with van der Waals surface area (Å²) < 4.78 is 27.0. The van der Waals surface area contributed by atoms with Crippen molar-refractivity contribution < 1.29 is 8.42 Å². The fraction of sp³-hybridized carbons (Fsp3) is 0.143. The molecule has 0 aromatic heterocycles. The molecule has 0 saturated heterocycles. The molecule has 3 N–H and O–H groups in total. The number of nitrogens with one attached hydrogen (secondary N) is 1. The summed E-state index contributed by atoms with van der Waals surface area (Å²) in [5.41, 5.74) is 7.52. The Morgan fingerprint density at radius 1 is 1.05 bits per heavy atom. The second-order valence-electron chi connectivity index (χ2n) is 4.62. The zero-order chi connectivity index (χ0) is 14.8. The first kappa shape index (κ1) is 14.2. The van der Waals surface area contributed by atoms with Crippen LogP contribution in [0.2, 0.25) is 0 Å². The summed E-state index contributed by atoms with van der Waals surface area (Å²) in [4.78, 5) is 2.09. The summed E-state index contributed by atoms with van der Waals surface area (Å²) in [6.07, 6.45) is 0. The van der Waals surface area contributed by atoms with Gasteiger partial charge in [0.25, 0.3) is 10.0 Å². The molecule has 2 aromatic rings. The van der Waals surface area contributed by atoms with E-state index in [0.717, 1.165) is 5.69 Å². The van der Waals surface area contributed by atoms with Crippen LogP contribution < -0.4 is 15.4 Å². The maximum atomic E-state index is 12.2. The van der Waals surface area contributed by atoms with Crippen molar-refractivity contribution in [2.75, 3.05) is 29.5 Å². The van der Waals surface area contributed by atoms with Crippen LogP contribution in [0.25, 0.3) is 0 Å². The number of hydrogen-bond donors (Lipinski definition) is 2. The lowest BCUT2D eigenvalue weighted by atomic mass is 10.3. The fourth-order valence-corrected chi connectivity index (χ4v) is 2.76. The number of benzene rings is 2. The standard InChI is InChI=1S/C14H17N3O2S/c1-17(2)13-5-3-4-12(10-13)16-20(18,19)14-8-6-11(15)7-9-14/h3-10,16H,15H2,1-2H3. The third-order valence-corrected chi connectivity index (χ3v) is 4.20. The molecule has 2 rings (SSSR count). The van der Waals surface area contributed by atoms with Gasteiger partial charge in [0, 0.05) is 25.5 Å². The number of anilines is 3. The number of hydrogen-bond acceptors (Lipinski definition) is 4. The van der Waals surface area contributed by atoms with E-state index in [1.165, 1.54) is 12.1 Å². The lowest BCUT2D eigenvalue weighted by Gasteiger charge is -2.14. The van der Waals surface area contributed by atoms with Crippen LogP contribution in [0.15, 0.2) is 53.4 Å². The number of nitrogens with zero attached hydrogens (tertiary/aromatic N) is 1. The van der Waals surface area contributed by atoms with Gasteiger partial charge in [-0.15, -0.1) is 0 Å². The van der Waals surface area contributed by atoms with Crippen LogP contribution in [-0.2, 0) is 10.0 Å². The van der Waals surface area contributed by atoms with Gasteiger partial charge in [0.1, 0.15) is 0 Å². The quantitative estimate of drug-likeness (QED) is 0.846. The summed E-state index contributed by atoms with van der Waals surface area (Å²) in [6, 6.07) is 13.3. The average Bonchev–Trinajstić information content (AvgIpc) is 2.39. The third-order valence-electron chi connectivity index (χ3n) is 2.81. The zero-order valence-corrected chi connectivity index (χ0v) is 12.2. The monoisotopic (exact) mass is 291 g/mol. The Bertz CT molecular complexity index is 695. The highest BCUT2D eigenvalue weighted by Gasteiger charge is 2.14. The largest absolute Gasteiger partial charge is 0.399 e. The molecule has 0 fully saturated rings. The highest BCUT2D eigenvalue weighted by Crippen LogP contribution is 2.21. The first-order valence-electron chi connectivity index (χ1n) is 6.04. The van der Waals surface area contributed by atoms with Crippen molar-refractivity contribution in [3.05, 3.63) is 48.5 Å². The Morgan fingerprint density at radius 2 is 1.70 bits per heavy atom. The van der Waals surface area contributed by atoms with E-state index >= 15 is 0 Å². The second-order valence-corrected chi connectivity index (χ2v) is 6.30. The molecule has 0 aliphatic heterocycles. The molecule has 106 valence electrons. The lowest BCUT2D eigenvalue weighted by molar-refractivity contribution is 0.601. The Kier molecular flexibility index (Phi) is 3.85. The minimum absolute atomic E-state index is 0.182. The van der Waals surface area contributed by atoms with Crippen LogP contribution in [-0.4, -0.2) is 22.5 Å². The summed E-state index contributed by atoms with van der Waals surface area (Å²) in [7, 11) is 0.196. The van der Waals surface area contributed by atoms with Crippen LogP contribution in [0.4, 0.5) is 17.1 Å². The van der Waals surface area contributed by atoms with Gasteiger partial charge < -0.3 is 10.6 Å². The van der Waals surface area contributed by atoms with E-state index in [1.54, 1.807) is 30.3 Å². The number of rotatable bonds is 4. The van der Waals surface area contributed by atoms with Crippen molar-refractivity contribution in [1.29, 1.82) is 0 Å². The number of nitrogens with two attached hydrogens (primary N) is 1. The molecule has 20 heavy (non-hydrogen) atoms. The van der Waals surface area contributed by atoms with Crippen LogP contribution >= 0.6 is 0 Å². The molecule has 0 aliphatic rings. The number of sulfonamides is 1. The minimum atomic E-state index is -3.60. The second kappa shape index (κ2) is 5.42. The molecule has 0 aliphatic carbocycles. The highest BCUT2D eigenvalue weighted by atomic mass is 32.2. The van der Waals surface area contributed by atoms with Gasteiger partial charge in [0.05, 0.1) is 10.6 Å². The molecule has 0 atom stereocenters. The van der Waals surface area contributed by atoms with Gasteiger partial charge in [0.15, 0.2) is 0 Å². The van der Waals surface area contributed by atoms with Crippen LogP contribution in [0.1, 0.15) is 0 Å². The van der Waals surface area contributed by atoms with E-state index in [4.69, 9.17) is 5.73 Å². The molecule has 0 unspecified atom stereocenters. The van der Waals surface area contributed by atoms with Crippen molar-refractivity contribution in [3.63, 3.8) is 0 Å². The number of nitrogen functional groups attached to an aromatic ring is 1. The van der Waals surface area contributed by atoms with Gasteiger partial charge in [-0.25, -0.2) is 8.42 Å². The van der Waals surface area contributed by atoms with Crippen LogP contribution in [0.5, 0.6) is 0 Å². The Balaban J connectivity index is 2.28. The van der Waals surface area contributed by atoms with E-state index < -0.39 is 10.0 Å². The Morgan fingerprint density at radius 3 is 2.30 bits per heavy atom. The summed E-state index contributed by atoms with van der Waals surface area (Å²) in [6.45, 7) is 0. The smallest absolute Gasteiger partial charge is 0.261 e.